The molecule has 172 valence electrons. The van der Waals surface area contributed by atoms with Crippen molar-refractivity contribution in [3.63, 3.8) is 0 Å². The van der Waals surface area contributed by atoms with Crippen molar-refractivity contribution in [1.82, 2.24) is 14.8 Å². The van der Waals surface area contributed by atoms with Gasteiger partial charge in [0.2, 0.25) is 11.8 Å². The molecule has 1 fully saturated rings. The van der Waals surface area contributed by atoms with Gasteiger partial charge in [-0.3, -0.25) is 9.59 Å². The number of amides is 2. The lowest BCUT2D eigenvalue weighted by Gasteiger charge is -2.47. The number of carbonyl (C=O) groups is 2. The fourth-order valence-electron chi connectivity index (χ4n) is 5.23. The number of carbonyl (C=O) groups excluding carboxylic acids is 2. The van der Waals surface area contributed by atoms with Gasteiger partial charge in [-0.15, -0.1) is 0 Å². The first-order valence-corrected chi connectivity index (χ1v) is 11.5. The summed E-state index contributed by atoms with van der Waals surface area (Å²) in [6.45, 7) is 3.79. The lowest BCUT2D eigenvalue weighted by molar-refractivity contribution is -0.158. The van der Waals surface area contributed by atoms with Crippen LogP contribution in [0.25, 0.3) is 10.9 Å². The van der Waals surface area contributed by atoms with E-state index in [2.05, 4.69) is 11.1 Å². The number of para-hydroxylation sites is 2. The first kappa shape index (κ1) is 21.5. The summed E-state index contributed by atoms with van der Waals surface area (Å²) in [7, 11) is 1.63. The average Bonchev–Trinajstić information content (AvgIpc) is 3.22. The van der Waals surface area contributed by atoms with Crippen LogP contribution in [0.4, 0.5) is 0 Å². The molecular formula is C26H29N3O4. The molecule has 33 heavy (non-hydrogen) atoms. The standard InChI is InChI=1S/C26H29N3O4/c1-3-33-14-8-13-28-16-23(30)29-21(26(28)31)15-19-17-9-4-6-11-20(17)27-24(19)25(29)18-10-5-7-12-22(18)32-2/h4-7,9-12,21,25,27H,3,8,13-16H2,1-2H3. The van der Waals surface area contributed by atoms with Crippen LogP contribution in [0, 0.1) is 0 Å². The van der Waals surface area contributed by atoms with Crippen LogP contribution >= 0.6 is 0 Å². The normalized spacial score (nSPS) is 20.2. The Labute approximate surface area is 193 Å². The Morgan fingerprint density at radius 3 is 2.70 bits per heavy atom. The van der Waals surface area contributed by atoms with Gasteiger partial charge in [0.15, 0.2) is 0 Å². The maximum Gasteiger partial charge on any atom is 0.246 e. The summed E-state index contributed by atoms with van der Waals surface area (Å²) in [5, 5.41) is 1.10. The molecule has 0 bridgehead atoms. The Hall–Kier alpha value is -3.32. The quantitative estimate of drug-likeness (QED) is 0.564. The van der Waals surface area contributed by atoms with E-state index in [-0.39, 0.29) is 18.4 Å². The average molecular weight is 448 g/mol. The zero-order valence-electron chi connectivity index (χ0n) is 19.0. The number of hydrogen-bond donors (Lipinski definition) is 1. The molecule has 5 rings (SSSR count). The summed E-state index contributed by atoms with van der Waals surface area (Å²) in [5.74, 6) is 0.658. The molecule has 2 unspecified atom stereocenters. The van der Waals surface area contributed by atoms with Crippen LogP contribution in [0.2, 0.25) is 0 Å². The highest BCUT2D eigenvalue weighted by molar-refractivity contribution is 5.97. The molecule has 2 aromatic carbocycles. The van der Waals surface area contributed by atoms with E-state index in [1.54, 1.807) is 16.9 Å². The Morgan fingerprint density at radius 2 is 1.88 bits per heavy atom. The van der Waals surface area contributed by atoms with Gasteiger partial charge < -0.3 is 24.3 Å². The number of H-pyrrole nitrogens is 1. The minimum absolute atomic E-state index is 0.00178. The van der Waals surface area contributed by atoms with Crippen LogP contribution in [-0.4, -0.2) is 66.1 Å². The van der Waals surface area contributed by atoms with Crippen molar-refractivity contribution >= 4 is 22.7 Å². The zero-order valence-corrected chi connectivity index (χ0v) is 19.0. The van der Waals surface area contributed by atoms with E-state index in [1.807, 2.05) is 49.4 Å². The van der Waals surface area contributed by atoms with Crippen molar-refractivity contribution in [1.29, 1.82) is 0 Å². The van der Waals surface area contributed by atoms with Gasteiger partial charge in [-0.25, -0.2) is 0 Å². The number of piperazine rings is 1. The maximum atomic E-state index is 13.6. The van der Waals surface area contributed by atoms with Crippen LogP contribution < -0.4 is 4.74 Å². The highest BCUT2D eigenvalue weighted by atomic mass is 16.5. The molecular weight excluding hydrogens is 418 g/mol. The third-order valence-electron chi connectivity index (χ3n) is 6.70. The number of nitrogens with zero attached hydrogens (tertiary/aromatic N) is 2. The van der Waals surface area contributed by atoms with Crippen LogP contribution in [0.1, 0.15) is 36.2 Å². The molecule has 2 aliphatic heterocycles. The molecule has 1 aromatic heterocycles. The number of methoxy groups -OCH3 is 1. The minimum atomic E-state index is -0.542. The molecule has 3 heterocycles. The highest BCUT2D eigenvalue weighted by Crippen LogP contribution is 2.44. The van der Waals surface area contributed by atoms with E-state index in [0.29, 0.717) is 38.3 Å². The molecule has 7 nitrogen and oxygen atoms in total. The summed E-state index contributed by atoms with van der Waals surface area (Å²) in [6, 6.07) is 14.9. The van der Waals surface area contributed by atoms with Crippen molar-refractivity contribution in [3.8, 4) is 5.75 Å². The molecule has 2 amide bonds. The molecule has 0 radical (unpaired) electrons. The monoisotopic (exact) mass is 447 g/mol. The number of ether oxygens (including phenoxy) is 2. The number of hydrogen-bond acceptors (Lipinski definition) is 4. The van der Waals surface area contributed by atoms with Gasteiger partial charge in [0.25, 0.3) is 0 Å². The van der Waals surface area contributed by atoms with Crippen molar-refractivity contribution < 1.29 is 19.1 Å². The first-order valence-electron chi connectivity index (χ1n) is 11.5. The molecule has 7 heteroatoms. The largest absolute Gasteiger partial charge is 0.496 e. The number of aromatic nitrogens is 1. The minimum Gasteiger partial charge on any atom is -0.496 e. The molecule has 1 N–H and O–H groups in total. The van der Waals surface area contributed by atoms with Crippen LogP contribution in [0.15, 0.2) is 48.5 Å². The summed E-state index contributed by atoms with van der Waals surface area (Å²) in [4.78, 5) is 34.2. The van der Waals surface area contributed by atoms with E-state index in [1.165, 1.54) is 0 Å². The number of benzene rings is 2. The third kappa shape index (κ3) is 3.66. The van der Waals surface area contributed by atoms with Gasteiger partial charge in [0.1, 0.15) is 17.8 Å². The summed E-state index contributed by atoms with van der Waals surface area (Å²) < 4.78 is 11.1. The van der Waals surface area contributed by atoms with Gasteiger partial charge in [-0.1, -0.05) is 36.4 Å². The van der Waals surface area contributed by atoms with E-state index in [0.717, 1.165) is 27.7 Å². The van der Waals surface area contributed by atoms with Crippen molar-refractivity contribution in [2.75, 3.05) is 33.4 Å². The smallest absolute Gasteiger partial charge is 0.246 e. The highest BCUT2D eigenvalue weighted by Gasteiger charge is 2.48. The van der Waals surface area contributed by atoms with Gasteiger partial charge in [0.05, 0.1) is 13.7 Å². The van der Waals surface area contributed by atoms with Crippen LogP contribution in [0.3, 0.4) is 0 Å². The fraction of sp³-hybridized carbons (Fsp3) is 0.385. The molecule has 3 aromatic rings. The maximum absolute atomic E-state index is 13.6. The second-order valence-electron chi connectivity index (χ2n) is 8.54. The van der Waals surface area contributed by atoms with Gasteiger partial charge in [-0.2, -0.15) is 0 Å². The predicted molar refractivity (Wildman–Crippen MR) is 125 cm³/mol. The first-order chi connectivity index (χ1) is 16.1. The van der Waals surface area contributed by atoms with Crippen molar-refractivity contribution in [2.24, 2.45) is 0 Å². The Morgan fingerprint density at radius 1 is 1.09 bits per heavy atom. The van der Waals surface area contributed by atoms with Gasteiger partial charge in [0, 0.05) is 48.3 Å². The number of rotatable bonds is 7. The Kier molecular flexibility index (Phi) is 5.81. The zero-order chi connectivity index (χ0) is 22.9. The molecule has 0 aliphatic carbocycles. The van der Waals surface area contributed by atoms with Crippen LogP contribution in [-0.2, 0) is 20.7 Å². The number of nitrogens with one attached hydrogen (secondary N) is 1. The third-order valence-corrected chi connectivity index (χ3v) is 6.70. The topological polar surface area (TPSA) is 74.9 Å². The Balaban J connectivity index is 1.59. The summed E-state index contributed by atoms with van der Waals surface area (Å²) >= 11 is 0. The van der Waals surface area contributed by atoms with Gasteiger partial charge >= 0.3 is 0 Å². The summed E-state index contributed by atoms with van der Waals surface area (Å²) in [6.07, 6.45) is 1.21. The molecule has 2 aliphatic rings. The number of fused-ring (bicyclic) bond motifs is 4. The van der Waals surface area contributed by atoms with Crippen molar-refractivity contribution in [2.45, 2.75) is 31.8 Å². The number of aromatic amines is 1. The SMILES string of the molecule is CCOCCCN1CC(=O)N2C(Cc3c([nH]c4ccccc34)C2c2ccccc2OC)C1=O. The predicted octanol–water partition coefficient (Wildman–Crippen LogP) is 3.29. The Bertz CT molecular complexity index is 1190. The van der Waals surface area contributed by atoms with E-state index >= 15 is 0 Å². The second kappa shape index (κ2) is 8.90. The van der Waals surface area contributed by atoms with E-state index in [4.69, 9.17) is 9.47 Å². The van der Waals surface area contributed by atoms with E-state index in [9.17, 15) is 9.59 Å². The fourth-order valence-corrected chi connectivity index (χ4v) is 5.23. The lowest BCUT2D eigenvalue weighted by atomic mass is 9.86. The van der Waals surface area contributed by atoms with E-state index < -0.39 is 12.1 Å². The summed E-state index contributed by atoms with van der Waals surface area (Å²) in [5.41, 5.74) is 3.95. The molecule has 2 atom stereocenters. The second-order valence-corrected chi connectivity index (χ2v) is 8.54. The lowest BCUT2D eigenvalue weighted by Crippen LogP contribution is -2.63. The molecule has 0 spiro atoms. The van der Waals surface area contributed by atoms with Crippen LogP contribution in [0.5, 0.6) is 5.75 Å². The van der Waals surface area contributed by atoms with Gasteiger partial charge in [-0.05, 0) is 31.0 Å². The molecule has 1 saturated heterocycles. The molecule has 0 saturated carbocycles. The van der Waals surface area contributed by atoms with Crippen molar-refractivity contribution in [3.05, 3.63) is 65.4 Å².